The van der Waals surface area contributed by atoms with Gasteiger partial charge < -0.3 is 5.32 Å². The summed E-state index contributed by atoms with van der Waals surface area (Å²) in [7, 11) is 0. The minimum Gasteiger partial charge on any atom is -0.322 e. The van der Waals surface area contributed by atoms with Crippen LogP contribution < -0.4 is 5.32 Å². The van der Waals surface area contributed by atoms with Crippen molar-refractivity contribution < 1.29 is 4.79 Å². The first-order chi connectivity index (χ1) is 9.49. The van der Waals surface area contributed by atoms with Crippen LogP contribution in [0.4, 0.5) is 5.69 Å². The van der Waals surface area contributed by atoms with E-state index in [-0.39, 0.29) is 10.7 Å². The Hall–Kier alpha value is -1.32. The van der Waals surface area contributed by atoms with Gasteiger partial charge in [0.1, 0.15) is 0 Å². The van der Waals surface area contributed by atoms with Gasteiger partial charge in [-0.3, -0.25) is 4.79 Å². The third-order valence-electron chi connectivity index (χ3n) is 3.01. The van der Waals surface area contributed by atoms with Gasteiger partial charge in [0.05, 0.1) is 10.6 Å². The van der Waals surface area contributed by atoms with Gasteiger partial charge in [0.25, 0.3) is 5.91 Å². The highest BCUT2D eigenvalue weighted by atomic mass is 79.9. The van der Waals surface area contributed by atoms with E-state index in [9.17, 15) is 4.79 Å². The van der Waals surface area contributed by atoms with E-state index in [0.717, 1.165) is 16.8 Å². The van der Waals surface area contributed by atoms with Gasteiger partial charge in [-0.1, -0.05) is 51.8 Å². The van der Waals surface area contributed by atoms with Crippen LogP contribution in [0, 0.1) is 6.92 Å². The normalized spacial score (nSPS) is 12.0. The van der Waals surface area contributed by atoms with Crippen LogP contribution in [0.25, 0.3) is 0 Å². The largest absolute Gasteiger partial charge is 0.322 e. The second-order valence-corrected chi connectivity index (χ2v) is 6.42. The summed E-state index contributed by atoms with van der Waals surface area (Å²) in [6.45, 7) is 3.96. The molecular formula is C16H15BrClNO. The lowest BCUT2D eigenvalue weighted by Crippen LogP contribution is -2.14. The van der Waals surface area contributed by atoms with Gasteiger partial charge in [0, 0.05) is 10.5 Å². The first-order valence-electron chi connectivity index (χ1n) is 6.29. The lowest BCUT2D eigenvalue weighted by Gasteiger charge is -2.13. The van der Waals surface area contributed by atoms with Gasteiger partial charge in [0.2, 0.25) is 0 Å². The number of alkyl halides is 1. The molecule has 0 spiro atoms. The van der Waals surface area contributed by atoms with Crippen molar-refractivity contribution in [2.45, 2.75) is 18.7 Å². The summed E-state index contributed by atoms with van der Waals surface area (Å²) < 4.78 is 0. The van der Waals surface area contributed by atoms with Crippen molar-refractivity contribution in [2.75, 3.05) is 5.32 Å². The fourth-order valence-electron chi connectivity index (χ4n) is 1.95. The van der Waals surface area contributed by atoms with Crippen LogP contribution in [0.2, 0.25) is 5.02 Å². The maximum absolute atomic E-state index is 12.3. The lowest BCUT2D eigenvalue weighted by molar-refractivity contribution is 0.102. The maximum atomic E-state index is 12.3. The van der Waals surface area contributed by atoms with E-state index in [0.29, 0.717) is 10.6 Å². The molecule has 0 bridgehead atoms. The number of hydrogen-bond acceptors (Lipinski definition) is 1. The van der Waals surface area contributed by atoms with Crippen LogP contribution in [0.1, 0.15) is 33.2 Å². The Balaban J connectivity index is 2.28. The van der Waals surface area contributed by atoms with Crippen LogP contribution in [0.5, 0.6) is 0 Å². The van der Waals surface area contributed by atoms with Crippen molar-refractivity contribution in [3.05, 3.63) is 64.2 Å². The maximum Gasteiger partial charge on any atom is 0.257 e. The Kier molecular flexibility index (Phi) is 4.84. The van der Waals surface area contributed by atoms with Crippen molar-refractivity contribution >= 4 is 39.1 Å². The van der Waals surface area contributed by atoms with Gasteiger partial charge in [-0.15, -0.1) is 0 Å². The fraction of sp³-hybridized carbons (Fsp3) is 0.188. The standard InChI is InChI=1S/C16H15BrClNO/c1-10-7-8-13(14(18)9-10)16(20)19-15-6-4-3-5-12(15)11(2)17/h3-9,11H,1-2H3,(H,19,20). The SMILES string of the molecule is Cc1ccc(C(=O)Nc2ccccc2C(C)Br)c(Cl)c1. The molecule has 0 aliphatic heterocycles. The minimum absolute atomic E-state index is 0.160. The zero-order valence-corrected chi connectivity index (χ0v) is 13.6. The van der Waals surface area contributed by atoms with E-state index in [1.807, 2.05) is 44.2 Å². The Bertz CT molecular complexity index is 640. The van der Waals surface area contributed by atoms with Gasteiger partial charge in [-0.2, -0.15) is 0 Å². The van der Waals surface area contributed by atoms with E-state index in [1.54, 1.807) is 12.1 Å². The van der Waals surface area contributed by atoms with Crippen molar-refractivity contribution in [2.24, 2.45) is 0 Å². The molecule has 0 aliphatic carbocycles. The molecule has 2 rings (SSSR count). The summed E-state index contributed by atoms with van der Waals surface area (Å²) >= 11 is 9.65. The highest BCUT2D eigenvalue weighted by Gasteiger charge is 2.13. The predicted octanol–water partition coefficient (Wildman–Crippen LogP) is 5.36. The summed E-state index contributed by atoms with van der Waals surface area (Å²) in [5.41, 5.74) is 3.33. The number of hydrogen-bond donors (Lipinski definition) is 1. The molecule has 1 N–H and O–H groups in total. The fourth-order valence-corrected chi connectivity index (χ4v) is 2.67. The molecule has 20 heavy (non-hydrogen) atoms. The van der Waals surface area contributed by atoms with E-state index in [1.165, 1.54) is 0 Å². The van der Waals surface area contributed by atoms with Gasteiger partial charge in [-0.25, -0.2) is 0 Å². The van der Waals surface area contributed by atoms with Crippen LogP contribution in [-0.2, 0) is 0 Å². The Morgan fingerprint density at radius 2 is 1.95 bits per heavy atom. The topological polar surface area (TPSA) is 29.1 Å². The molecule has 0 saturated carbocycles. The molecule has 1 atom stereocenters. The number of carbonyl (C=O) groups excluding carboxylic acids is 1. The van der Waals surface area contributed by atoms with E-state index >= 15 is 0 Å². The van der Waals surface area contributed by atoms with E-state index in [4.69, 9.17) is 11.6 Å². The number of benzene rings is 2. The molecule has 0 heterocycles. The minimum atomic E-state index is -0.199. The number of amides is 1. The molecule has 0 aliphatic rings. The monoisotopic (exact) mass is 351 g/mol. The molecule has 2 aromatic carbocycles. The second-order valence-electron chi connectivity index (χ2n) is 4.64. The third-order valence-corrected chi connectivity index (χ3v) is 3.81. The highest BCUT2D eigenvalue weighted by molar-refractivity contribution is 9.09. The molecule has 0 saturated heterocycles. The number of aryl methyl sites for hydroxylation is 1. The van der Waals surface area contributed by atoms with Crippen molar-refractivity contribution in [1.82, 2.24) is 0 Å². The van der Waals surface area contributed by atoms with E-state index < -0.39 is 0 Å². The van der Waals surface area contributed by atoms with Crippen molar-refractivity contribution in [3.63, 3.8) is 0 Å². The molecule has 0 aromatic heterocycles. The Morgan fingerprint density at radius 3 is 2.60 bits per heavy atom. The zero-order valence-electron chi connectivity index (χ0n) is 11.3. The lowest BCUT2D eigenvalue weighted by atomic mass is 10.1. The number of halogens is 2. The molecular weight excluding hydrogens is 338 g/mol. The van der Waals surface area contributed by atoms with Crippen LogP contribution in [0.3, 0.4) is 0 Å². The second kappa shape index (κ2) is 6.42. The van der Waals surface area contributed by atoms with Gasteiger partial charge in [0.15, 0.2) is 0 Å². The highest BCUT2D eigenvalue weighted by Crippen LogP contribution is 2.29. The molecule has 104 valence electrons. The summed E-state index contributed by atoms with van der Waals surface area (Å²) in [5.74, 6) is -0.199. The summed E-state index contributed by atoms with van der Waals surface area (Å²) in [5, 5.41) is 3.38. The van der Waals surface area contributed by atoms with Crippen LogP contribution in [0.15, 0.2) is 42.5 Å². The summed E-state index contributed by atoms with van der Waals surface area (Å²) in [6.07, 6.45) is 0. The molecule has 1 unspecified atom stereocenters. The third kappa shape index (κ3) is 3.41. The molecule has 0 radical (unpaired) electrons. The molecule has 4 heteroatoms. The molecule has 0 fully saturated rings. The summed E-state index contributed by atoms with van der Waals surface area (Å²) in [4.78, 5) is 12.5. The van der Waals surface area contributed by atoms with Crippen LogP contribution >= 0.6 is 27.5 Å². The predicted molar refractivity (Wildman–Crippen MR) is 87.9 cm³/mol. The van der Waals surface area contributed by atoms with Gasteiger partial charge in [-0.05, 0) is 43.2 Å². The van der Waals surface area contributed by atoms with Crippen LogP contribution in [-0.4, -0.2) is 5.91 Å². The number of anilines is 1. The Morgan fingerprint density at radius 1 is 1.25 bits per heavy atom. The van der Waals surface area contributed by atoms with Crippen molar-refractivity contribution in [1.29, 1.82) is 0 Å². The average Bonchev–Trinajstić information content (AvgIpc) is 2.38. The average molecular weight is 353 g/mol. The molecule has 2 aromatic rings. The zero-order chi connectivity index (χ0) is 14.7. The first-order valence-corrected chi connectivity index (χ1v) is 7.59. The number of para-hydroxylation sites is 1. The van der Waals surface area contributed by atoms with Gasteiger partial charge >= 0.3 is 0 Å². The summed E-state index contributed by atoms with van der Waals surface area (Å²) in [6, 6.07) is 13.1. The molecule has 2 nitrogen and oxygen atoms in total. The Labute approximate surface area is 132 Å². The van der Waals surface area contributed by atoms with E-state index in [2.05, 4.69) is 21.2 Å². The number of carbonyl (C=O) groups is 1. The van der Waals surface area contributed by atoms with Crippen molar-refractivity contribution in [3.8, 4) is 0 Å². The quantitative estimate of drug-likeness (QED) is 0.741. The number of nitrogens with one attached hydrogen (secondary N) is 1. The first kappa shape index (κ1) is 15.1. The molecule has 1 amide bonds. The number of rotatable bonds is 3. The smallest absolute Gasteiger partial charge is 0.257 e.